The lowest BCUT2D eigenvalue weighted by molar-refractivity contribution is -0.120. The zero-order valence-corrected chi connectivity index (χ0v) is 9.98. The molecule has 3 N–H and O–H groups in total. The largest absolute Gasteiger partial charge is 0.478 e. The van der Waals surface area contributed by atoms with Gasteiger partial charge in [0.1, 0.15) is 0 Å². The lowest BCUT2D eigenvalue weighted by Crippen LogP contribution is -2.34. The highest BCUT2D eigenvalue weighted by Gasteiger charge is 2.20. The van der Waals surface area contributed by atoms with Crippen molar-refractivity contribution >= 4 is 17.6 Å². The van der Waals surface area contributed by atoms with Crippen LogP contribution in [0.2, 0.25) is 0 Å². The number of carbonyl (C=O) groups excluding carboxylic acids is 1. The highest BCUT2D eigenvalue weighted by Crippen LogP contribution is 2.16. The number of amides is 1. The van der Waals surface area contributed by atoms with Gasteiger partial charge in [0, 0.05) is 11.6 Å². The van der Waals surface area contributed by atoms with Gasteiger partial charge in [-0.15, -0.1) is 0 Å². The summed E-state index contributed by atoms with van der Waals surface area (Å²) in [5, 5.41) is 14.8. The Bertz CT molecular complexity index is 453. The molecule has 0 unspecified atom stereocenters. The number of benzene rings is 1. The summed E-state index contributed by atoms with van der Waals surface area (Å²) >= 11 is 0. The summed E-state index contributed by atoms with van der Waals surface area (Å²) in [4.78, 5) is 22.8. The van der Waals surface area contributed by atoms with E-state index in [1.165, 1.54) is 12.1 Å². The van der Waals surface area contributed by atoms with Crippen molar-refractivity contribution in [3.8, 4) is 0 Å². The zero-order valence-electron chi connectivity index (χ0n) is 9.98. The van der Waals surface area contributed by atoms with Crippen LogP contribution in [-0.4, -0.2) is 30.1 Å². The maximum Gasteiger partial charge on any atom is 0.335 e. The first-order valence-electron chi connectivity index (χ1n) is 6.02. The predicted molar refractivity (Wildman–Crippen MR) is 67.6 cm³/mol. The smallest absolute Gasteiger partial charge is 0.335 e. The molecule has 1 amide bonds. The normalized spacial score (nSPS) is 16.2. The molecule has 0 atom stereocenters. The topological polar surface area (TPSA) is 78.4 Å². The first-order chi connectivity index (χ1) is 8.66. The number of carbonyl (C=O) groups is 2. The Balaban J connectivity index is 2.02. The van der Waals surface area contributed by atoms with Crippen molar-refractivity contribution in [1.29, 1.82) is 0 Å². The van der Waals surface area contributed by atoms with Crippen LogP contribution in [0.25, 0.3) is 0 Å². The molecule has 1 aromatic carbocycles. The highest BCUT2D eigenvalue weighted by molar-refractivity contribution is 5.95. The van der Waals surface area contributed by atoms with Crippen LogP contribution in [0.15, 0.2) is 24.3 Å². The number of hydrogen-bond acceptors (Lipinski definition) is 3. The number of piperidine rings is 1. The predicted octanol–water partition coefficient (Wildman–Crippen LogP) is 1.32. The van der Waals surface area contributed by atoms with Crippen LogP contribution in [0.4, 0.5) is 5.69 Å². The molecule has 1 aliphatic rings. The molecule has 1 saturated heterocycles. The quantitative estimate of drug-likeness (QED) is 0.754. The summed E-state index contributed by atoms with van der Waals surface area (Å²) in [6.45, 7) is 1.71. The van der Waals surface area contributed by atoms with E-state index in [0.717, 1.165) is 25.9 Å². The minimum Gasteiger partial charge on any atom is -0.478 e. The monoisotopic (exact) mass is 248 g/mol. The Labute approximate surface area is 105 Å². The molecule has 0 radical (unpaired) electrons. The maximum absolute atomic E-state index is 12.0. The van der Waals surface area contributed by atoms with Gasteiger partial charge in [-0.1, -0.05) is 6.07 Å². The van der Waals surface area contributed by atoms with Crippen LogP contribution in [0.3, 0.4) is 0 Å². The molecule has 1 heterocycles. The first kappa shape index (κ1) is 12.6. The lowest BCUT2D eigenvalue weighted by Gasteiger charge is -2.21. The molecule has 5 heteroatoms. The number of nitrogens with one attached hydrogen (secondary N) is 2. The van der Waals surface area contributed by atoms with Gasteiger partial charge >= 0.3 is 5.97 Å². The third-order valence-electron chi connectivity index (χ3n) is 3.09. The van der Waals surface area contributed by atoms with Crippen LogP contribution in [-0.2, 0) is 4.79 Å². The average Bonchev–Trinajstić information content (AvgIpc) is 2.40. The zero-order chi connectivity index (χ0) is 13.0. The fraction of sp³-hybridized carbons (Fsp3) is 0.385. The SMILES string of the molecule is O=C(O)c1cccc(NC(=O)C2CCNCC2)c1. The fourth-order valence-corrected chi connectivity index (χ4v) is 2.06. The van der Waals surface area contributed by atoms with E-state index >= 15 is 0 Å². The van der Waals surface area contributed by atoms with Gasteiger partial charge < -0.3 is 15.7 Å². The lowest BCUT2D eigenvalue weighted by atomic mass is 9.97. The van der Waals surface area contributed by atoms with E-state index in [2.05, 4.69) is 10.6 Å². The summed E-state index contributed by atoms with van der Waals surface area (Å²) in [6, 6.07) is 6.30. The Morgan fingerprint density at radius 2 is 2.00 bits per heavy atom. The van der Waals surface area contributed by atoms with Crippen molar-refractivity contribution in [3.05, 3.63) is 29.8 Å². The van der Waals surface area contributed by atoms with E-state index in [9.17, 15) is 9.59 Å². The Morgan fingerprint density at radius 1 is 1.28 bits per heavy atom. The van der Waals surface area contributed by atoms with Crippen molar-refractivity contribution in [1.82, 2.24) is 5.32 Å². The van der Waals surface area contributed by atoms with E-state index in [1.807, 2.05) is 0 Å². The molecule has 96 valence electrons. The minimum atomic E-state index is -0.993. The van der Waals surface area contributed by atoms with E-state index in [1.54, 1.807) is 12.1 Å². The summed E-state index contributed by atoms with van der Waals surface area (Å²) in [7, 11) is 0. The molecule has 1 aromatic rings. The van der Waals surface area contributed by atoms with E-state index in [-0.39, 0.29) is 17.4 Å². The molecule has 0 spiro atoms. The van der Waals surface area contributed by atoms with Gasteiger partial charge in [-0.3, -0.25) is 4.79 Å². The van der Waals surface area contributed by atoms with Crippen LogP contribution in [0.1, 0.15) is 23.2 Å². The fourth-order valence-electron chi connectivity index (χ4n) is 2.06. The standard InChI is InChI=1S/C13H16N2O3/c16-12(9-4-6-14-7-5-9)15-11-3-1-2-10(8-11)13(17)18/h1-3,8-9,14H,4-7H2,(H,15,16)(H,17,18). The summed E-state index contributed by atoms with van der Waals surface area (Å²) < 4.78 is 0. The number of rotatable bonds is 3. The van der Waals surface area contributed by atoms with E-state index in [4.69, 9.17) is 5.11 Å². The van der Waals surface area contributed by atoms with Crippen molar-refractivity contribution in [2.45, 2.75) is 12.8 Å². The molecule has 0 aromatic heterocycles. The van der Waals surface area contributed by atoms with Crippen LogP contribution in [0, 0.1) is 5.92 Å². The molecular formula is C13H16N2O3. The van der Waals surface area contributed by atoms with Crippen molar-refractivity contribution in [2.24, 2.45) is 5.92 Å². The summed E-state index contributed by atoms with van der Waals surface area (Å²) in [5.41, 5.74) is 0.719. The third kappa shape index (κ3) is 3.07. The van der Waals surface area contributed by atoms with E-state index < -0.39 is 5.97 Å². The molecule has 18 heavy (non-hydrogen) atoms. The number of aromatic carboxylic acids is 1. The Hall–Kier alpha value is -1.88. The molecule has 2 rings (SSSR count). The van der Waals surface area contributed by atoms with Gasteiger partial charge in [0.05, 0.1) is 5.56 Å². The van der Waals surface area contributed by atoms with E-state index in [0.29, 0.717) is 5.69 Å². The number of anilines is 1. The average molecular weight is 248 g/mol. The van der Waals surface area contributed by atoms with Crippen LogP contribution >= 0.6 is 0 Å². The molecule has 1 aliphatic heterocycles. The van der Waals surface area contributed by atoms with Gasteiger partial charge in [0.25, 0.3) is 0 Å². The number of carboxylic acids is 1. The van der Waals surface area contributed by atoms with Crippen molar-refractivity contribution in [3.63, 3.8) is 0 Å². The van der Waals surface area contributed by atoms with Gasteiger partial charge in [-0.05, 0) is 44.1 Å². The third-order valence-corrected chi connectivity index (χ3v) is 3.09. The number of hydrogen-bond donors (Lipinski definition) is 3. The van der Waals surface area contributed by atoms with Gasteiger partial charge in [0.2, 0.25) is 5.91 Å². The molecule has 1 fully saturated rings. The van der Waals surface area contributed by atoms with Gasteiger partial charge in [-0.2, -0.15) is 0 Å². The molecule has 0 aliphatic carbocycles. The van der Waals surface area contributed by atoms with Gasteiger partial charge in [-0.25, -0.2) is 4.79 Å². The molecule has 0 saturated carbocycles. The first-order valence-corrected chi connectivity index (χ1v) is 6.02. The summed E-state index contributed by atoms with van der Waals surface area (Å²) in [5.74, 6) is -1.01. The summed E-state index contributed by atoms with van der Waals surface area (Å²) in [6.07, 6.45) is 1.65. The highest BCUT2D eigenvalue weighted by atomic mass is 16.4. The Morgan fingerprint density at radius 3 is 2.67 bits per heavy atom. The second-order valence-electron chi connectivity index (χ2n) is 4.40. The maximum atomic E-state index is 12.0. The number of carboxylic acid groups (broad SMARTS) is 1. The van der Waals surface area contributed by atoms with Gasteiger partial charge in [0.15, 0.2) is 0 Å². The molecular weight excluding hydrogens is 232 g/mol. The Kier molecular flexibility index (Phi) is 3.94. The van der Waals surface area contributed by atoms with Crippen molar-refractivity contribution < 1.29 is 14.7 Å². The van der Waals surface area contributed by atoms with Crippen LogP contribution in [0.5, 0.6) is 0 Å². The van der Waals surface area contributed by atoms with Crippen molar-refractivity contribution in [2.75, 3.05) is 18.4 Å². The second-order valence-corrected chi connectivity index (χ2v) is 4.40. The second kappa shape index (κ2) is 5.64. The molecule has 0 bridgehead atoms. The van der Waals surface area contributed by atoms with Crippen LogP contribution < -0.4 is 10.6 Å². The molecule has 5 nitrogen and oxygen atoms in total. The minimum absolute atomic E-state index is 0.0136.